The first-order chi connectivity index (χ1) is 8.97. The van der Waals surface area contributed by atoms with E-state index in [1.807, 2.05) is 7.05 Å². The standard InChI is InChI=1S/C13H21N4O2/c1-17-8-6-13(10-14,7-9-17)16-12(19)5-3-2-4-11(15)18/h5H,2-4,6-9H2,1H3,(H2,15,18)(H,16,19). The first-order valence-corrected chi connectivity index (χ1v) is 6.51. The first-order valence-electron chi connectivity index (χ1n) is 6.51. The molecule has 0 aliphatic carbocycles. The number of nitrogens with zero attached hydrogens (tertiary/aromatic N) is 2. The second-order valence-corrected chi connectivity index (χ2v) is 5.05. The molecule has 0 aromatic heterocycles. The highest BCUT2D eigenvalue weighted by atomic mass is 16.2. The van der Waals surface area contributed by atoms with E-state index in [1.54, 1.807) is 0 Å². The van der Waals surface area contributed by atoms with Gasteiger partial charge in [0.05, 0.1) is 6.07 Å². The molecule has 0 aromatic rings. The summed E-state index contributed by atoms with van der Waals surface area (Å²) in [6.45, 7) is 1.60. The molecule has 6 heteroatoms. The van der Waals surface area contributed by atoms with Crippen molar-refractivity contribution in [2.75, 3.05) is 20.1 Å². The summed E-state index contributed by atoms with van der Waals surface area (Å²) in [5.74, 6) is -0.604. The van der Waals surface area contributed by atoms with Crippen molar-refractivity contribution in [3.63, 3.8) is 0 Å². The Labute approximate surface area is 113 Å². The second-order valence-electron chi connectivity index (χ2n) is 5.05. The quantitative estimate of drug-likeness (QED) is 0.658. The van der Waals surface area contributed by atoms with Crippen LogP contribution in [0.3, 0.4) is 0 Å². The molecule has 1 fully saturated rings. The normalized spacial score (nSPS) is 18.5. The number of amides is 2. The summed E-state index contributed by atoms with van der Waals surface area (Å²) in [4.78, 5) is 24.4. The predicted octanol–water partition coefficient (Wildman–Crippen LogP) is -0.0495. The third-order valence-corrected chi connectivity index (χ3v) is 3.37. The highest BCUT2D eigenvalue weighted by Gasteiger charge is 2.34. The Bertz CT molecular complexity index is 367. The van der Waals surface area contributed by atoms with Crippen LogP contribution in [0.2, 0.25) is 0 Å². The van der Waals surface area contributed by atoms with Gasteiger partial charge in [-0.15, -0.1) is 0 Å². The number of piperidine rings is 1. The zero-order valence-corrected chi connectivity index (χ0v) is 11.3. The van der Waals surface area contributed by atoms with Crippen LogP contribution >= 0.6 is 0 Å². The van der Waals surface area contributed by atoms with Gasteiger partial charge in [0.2, 0.25) is 11.8 Å². The molecule has 19 heavy (non-hydrogen) atoms. The monoisotopic (exact) mass is 265 g/mol. The maximum atomic E-state index is 11.8. The molecular weight excluding hydrogens is 244 g/mol. The van der Waals surface area contributed by atoms with E-state index < -0.39 is 5.54 Å². The highest BCUT2D eigenvalue weighted by Crippen LogP contribution is 2.20. The average molecular weight is 265 g/mol. The lowest BCUT2D eigenvalue weighted by molar-refractivity contribution is -0.120. The molecule has 1 saturated heterocycles. The van der Waals surface area contributed by atoms with Crippen LogP contribution in [-0.2, 0) is 9.59 Å². The molecule has 1 aliphatic rings. The minimum Gasteiger partial charge on any atom is -0.370 e. The molecule has 0 aromatic carbocycles. The van der Waals surface area contributed by atoms with Crippen molar-refractivity contribution in [3.05, 3.63) is 6.42 Å². The summed E-state index contributed by atoms with van der Waals surface area (Å²) in [5.41, 5.74) is 4.27. The van der Waals surface area contributed by atoms with Gasteiger partial charge in [-0.3, -0.25) is 9.59 Å². The van der Waals surface area contributed by atoms with Crippen LogP contribution in [-0.4, -0.2) is 42.4 Å². The van der Waals surface area contributed by atoms with Gasteiger partial charge in [-0.05, 0) is 32.7 Å². The highest BCUT2D eigenvalue weighted by molar-refractivity contribution is 5.85. The van der Waals surface area contributed by atoms with E-state index in [4.69, 9.17) is 5.73 Å². The van der Waals surface area contributed by atoms with Crippen molar-refractivity contribution in [1.82, 2.24) is 10.2 Å². The molecule has 0 bridgehead atoms. The third-order valence-electron chi connectivity index (χ3n) is 3.37. The maximum Gasteiger partial charge on any atom is 0.225 e. The first kappa shape index (κ1) is 15.4. The Morgan fingerprint density at radius 3 is 2.63 bits per heavy atom. The van der Waals surface area contributed by atoms with Gasteiger partial charge in [0, 0.05) is 25.9 Å². The number of nitriles is 1. The molecule has 0 saturated carbocycles. The second kappa shape index (κ2) is 7.10. The molecule has 105 valence electrons. The van der Waals surface area contributed by atoms with E-state index in [1.165, 1.54) is 6.42 Å². The maximum absolute atomic E-state index is 11.8. The molecule has 3 N–H and O–H groups in total. The Morgan fingerprint density at radius 1 is 1.47 bits per heavy atom. The van der Waals surface area contributed by atoms with E-state index in [2.05, 4.69) is 16.3 Å². The van der Waals surface area contributed by atoms with Gasteiger partial charge < -0.3 is 16.0 Å². The summed E-state index contributed by atoms with van der Waals surface area (Å²) in [6.07, 6.45) is 4.10. The molecule has 2 amide bonds. The van der Waals surface area contributed by atoms with Crippen LogP contribution < -0.4 is 11.1 Å². The van der Waals surface area contributed by atoms with Crippen LogP contribution in [0.15, 0.2) is 0 Å². The van der Waals surface area contributed by atoms with Crippen LogP contribution in [0.25, 0.3) is 0 Å². The Hall–Kier alpha value is -1.61. The molecule has 1 radical (unpaired) electrons. The molecule has 1 rings (SSSR count). The molecule has 6 nitrogen and oxygen atoms in total. The summed E-state index contributed by atoms with van der Waals surface area (Å²) in [5, 5.41) is 12.1. The number of unbranched alkanes of at least 4 members (excludes halogenated alkanes) is 1. The van der Waals surface area contributed by atoms with Gasteiger partial charge in [-0.25, -0.2) is 0 Å². The summed E-state index contributed by atoms with van der Waals surface area (Å²) in [7, 11) is 2.00. The third kappa shape index (κ3) is 5.26. The largest absolute Gasteiger partial charge is 0.370 e. The Morgan fingerprint density at radius 2 is 2.11 bits per heavy atom. The number of primary amides is 1. The topological polar surface area (TPSA) is 99.2 Å². The number of nitrogens with one attached hydrogen (secondary N) is 1. The van der Waals surface area contributed by atoms with Crippen molar-refractivity contribution in [2.45, 2.75) is 37.6 Å². The van der Waals surface area contributed by atoms with E-state index in [-0.39, 0.29) is 18.2 Å². The number of carbonyl (C=O) groups is 2. The molecule has 1 aliphatic heterocycles. The van der Waals surface area contributed by atoms with Gasteiger partial charge in [0.1, 0.15) is 5.54 Å². The van der Waals surface area contributed by atoms with E-state index in [0.29, 0.717) is 25.7 Å². The molecule has 0 atom stereocenters. The smallest absolute Gasteiger partial charge is 0.225 e. The lowest BCUT2D eigenvalue weighted by atomic mass is 9.89. The van der Waals surface area contributed by atoms with Crippen molar-refractivity contribution >= 4 is 11.8 Å². The summed E-state index contributed by atoms with van der Waals surface area (Å²) < 4.78 is 0. The van der Waals surface area contributed by atoms with Crippen LogP contribution in [0.1, 0.15) is 32.1 Å². The number of nitrogens with two attached hydrogens (primary N) is 1. The van der Waals surface area contributed by atoms with Crippen molar-refractivity contribution < 1.29 is 9.59 Å². The minimum atomic E-state index is -0.746. The van der Waals surface area contributed by atoms with Gasteiger partial charge in [0.15, 0.2) is 0 Å². The van der Waals surface area contributed by atoms with E-state index >= 15 is 0 Å². The van der Waals surface area contributed by atoms with Gasteiger partial charge >= 0.3 is 0 Å². The molecule has 1 heterocycles. The SMILES string of the molecule is CN1CCC(C#N)(NC(=O)[CH]CCCC(N)=O)CC1. The van der Waals surface area contributed by atoms with Crippen molar-refractivity contribution in [3.8, 4) is 6.07 Å². The molecule has 0 unspecified atom stereocenters. The molecular formula is C13H21N4O2. The number of rotatable bonds is 6. The zero-order chi connectivity index (χ0) is 14.3. The Balaban J connectivity index is 2.33. The number of carbonyl (C=O) groups excluding carboxylic acids is 2. The van der Waals surface area contributed by atoms with Crippen LogP contribution in [0.4, 0.5) is 0 Å². The fourth-order valence-electron chi connectivity index (χ4n) is 2.06. The van der Waals surface area contributed by atoms with Gasteiger partial charge in [0.25, 0.3) is 0 Å². The summed E-state index contributed by atoms with van der Waals surface area (Å²) in [6, 6.07) is 2.22. The van der Waals surface area contributed by atoms with Crippen LogP contribution in [0, 0.1) is 17.8 Å². The molecule has 0 spiro atoms. The van der Waals surface area contributed by atoms with Gasteiger partial charge in [-0.1, -0.05) is 0 Å². The van der Waals surface area contributed by atoms with Crippen molar-refractivity contribution in [1.29, 1.82) is 5.26 Å². The van der Waals surface area contributed by atoms with Crippen molar-refractivity contribution in [2.24, 2.45) is 5.73 Å². The predicted molar refractivity (Wildman–Crippen MR) is 70.6 cm³/mol. The van der Waals surface area contributed by atoms with Gasteiger partial charge in [-0.2, -0.15) is 5.26 Å². The zero-order valence-electron chi connectivity index (χ0n) is 11.3. The lowest BCUT2D eigenvalue weighted by Crippen LogP contribution is -2.53. The summed E-state index contributed by atoms with van der Waals surface area (Å²) >= 11 is 0. The Kier molecular flexibility index (Phi) is 5.77. The fraction of sp³-hybridized carbons (Fsp3) is 0.692. The van der Waals surface area contributed by atoms with Crippen LogP contribution in [0.5, 0.6) is 0 Å². The average Bonchev–Trinajstić information content (AvgIpc) is 2.38. The lowest BCUT2D eigenvalue weighted by Gasteiger charge is -2.35. The fourth-order valence-corrected chi connectivity index (χ4v) is 2.06. The van der Waals surface area contributed by atoms with E-state index in [0.717, 1.165) is 13.1 Å². The van der Waals surface area contributed by atoms with E-state index in [9.17, 15) is 14.9 Å². The minimum absolute atomic E-state index is 0.240. The number of likely N-dealkylation sites (tertiary alicyclic amines) is 1. The number of hydrogen-bond donors (Lipinski definition) is 2. The number of hydrogen-bond acceptors (Lipinski definition) is 4.